The van der Waals surface area contributed by atoms with E-state index in [-0.39, 0.29) is 1.43 Å². The van der Waals surface area contributed by atoms with Gasteiger partial charge in [-0.15, -0.1) is 0 Å². The normalized spacial score (nSPS) is 18.2. The van der Waals surface area contributed by atoms with Crippen LogP contribution < -0.4 is 5.32 Å². The van der Waals surface area contributed by atoms with Crippen LogP contribution in [0.4, 0.5) is 0 Å². The van der Waals surface area contributed by atoms with Crippen LogP contribution in [0.5, 0.6) is 0 Å². The quantitative estimate of drug-likeness (QED) is 0.689. The Bertz CT molecular complexity index is 80.2. The molecular weight excluding hydrogens is 146 g/mol. The SMILES string of the molecule is CC.CNCCC1CCCCC1.[HH]. The lowest BCUT2D eigenvalue weighted by molar-refractivity contribution is 0.337. The zero-order valence-corrected chi connectivity index (χ0v) is 9.03. The molecule has 0 saturated heterocycles. The summed E-state index contributed by atoms with van der Waals surface area (Å²) >= 11 is 0. The van der Waals surface area contributed by atoms with Crippen molar-refractivity contribution < 1.29 is 1.43 Å². The van der Waals surface area contributed by atoms with Gasteiger partial charge in [0.05, 0.1) is 0 Å². The summed E-state index contributed by atoms with van der Waals surface area (Å²) in [5.74, 6) is 1.04. The third-order valence-electron chi connectivity index (χ3n) is 2.53. The van der Waals surface area contributed by atoms with Gasteiger partial charge in [0.15, 0.2) is 0 Å². The Hall–Kier alpha value is -0.0400. The highest BCUT2D eigenvalue weighted by atomic mass is 14.8. The zero-order valence-electron chi connectivity index (χ0n) is 9.03. The Labute approximate surface area is 79.4 Å². The molecule has 0 radical (unpaired) electrons. The van der Waals surface area contributed by atoms with E-state index in [1.165, 1.54) is 45.1 Å². The fraction of sp³-hybridized carbons (Fsp3) is 1.00. The van der Waals surface area contributed by atoms with Crippen LogP contribution in [0.15, 0.2) is 0 Å². The molecule has 1 rings (SSSR count). The molecule has 0 amide bonds. The molecule has 0 aromatic rings. The third-order valence-corrected chi connectivity index (χ3v) is 2.53. The summed E-state index contributed by atoms with van der Waals surface area (Å²) in [5, 5.41) is 3.21. The van der Waals surface area contributed by atoms with Crippen molar-refractivity contribution in [3.63, 3.8) is 0 Å². The van der Waals surface area contributed by atoms with Gasteiger partial charge in [0, 0.05) is 1.43 Å². The molecule has 1 aliphatic rings. The zero-order chi connectivity index (χ0) is 9.23. The van der Waals surface area contributed by atoms with E-state index in [2.05, 4.69) is 5.32 Å². The molecule has 0 spiro atoms. The Morgan fingerprint density at radius 2 is 1.75 bits per heavy atom. The summed E-state index contributed by atoms with van der Waals surface area (Å²) in [6.07, 6.45) is 8.82. The van der Waals surface area contributed by atoms with Gasteiger partial charge in [0.2, 0.25) is 0 Å². The maximum absolute atomic E-state index is 3.21. The van der Waals surface area contributed by atoms with Crippen molar-refractivity contribution in [1.29, 1.82) is 0 Å². The van der Waals surface area contributed by atoms with Crippen molar-refractivity contribution in [2.45, 2.75) is 52.4 Å². The van der Waals surface area contributed by atoms with Gasteiger partial charge in [0.25, 0.3) is 0 Å². The monoisotopic (exact) mass is 173 g/mol. The van der Waals surface area contributed by atoms with Gasteiger partial charge in [0.1, 0.15) is 0 Å². The van der Waals surface area contributed by atoms with Gasteiger partial charge in [-0.25, -0.2) is 0 Å². The number of hydrogen-bond donors (Lipinski definition) is 1. The van der Waals surface area contributed by atoms with E-state index in [0.717, 1.165) is 5.92 Å². The minimum absolute atomic E-state index is 0. The summed E-state index contributed by atoms with van der Waals surface area (Å²) in [6.45, 7) is 5.21. The molecule has 1 fully saturated rings. The average Bonchev–Trinajstić information content (AvgIpc) is 2.19. The standard InChI is InChI=1S/C9H19N.C2H6.H2/c1-10-8-7-9-5-3-2-4-6-9;1-2;/h9-10H,2-8H2,1H3;1-2H3;1H. The molecular formula is C11H27N. The van der Waals surface area contributed by atoms with Gasteiger partial charge in [-0.2, -0.15) is 0 Å². The molecule has 0 atom stereocenters. The van der Waals surface area contributed by atoms with Gasteiger partial charge >= 0.3 is 0 Å². The second kappa shape index (κ2) is 9.05. The molecule has 1 aliphatic carbocycles. The lowest BCUT2D eigenvalue weighted by Crippen LogP contribution is -2.15. The fourth-order valence-electron chi connectivity index (χ4n) is 1.82. The third kappa shape index (κ3) is 5.59. The van der Waals surface area contributed by atoms with E-state index < -0.39 is 0 Å². The molecule has 1 saturated carbocycles. The molecule has 0 heterocycles. The summed E-state index contributed by atoms with van der Waals surface area (Å²) < 4.78 is 0. The van der Waals surface area contributed by atoms with Crippen LogP contribution in [0.1, 0.15) is 53.8 Å². The van der Waals surface area contributed by atoms with Crippen LogP contribution in [0.3, 0.4) is 0 Å². The van der Waals surface area contributed by atoms with Crippen molar-refractivity contribution in [3.8, 4) is 0 Å². The van der Waals surface area contributed by atoms with Crippen LogP contribution in [-0.2, 0) is 0 Å². The Kier molecular flexibility index (Phi) is 9.02. The number of hydrogen-bond acceptors (Lipinski definition) is 1. The van der Waals surface area contributed by atoms with Gasteiger partial charge in [-0.3, -0.25) is 0 Å². The van der Waals surface area contributed by atoms with Gasteiger partial charge < -0.3 is 5.32 Å². The van der Waals surface area contributed by atoms with E-state index in [4.69, 9.17) is 0 Å². The lowest BCUT2D eigenvalue weighted by atomic mass is 9.87. The van der Waals surface area contributed by atoms with E-state index >= 15 is 0 Å². The predicted molar refractivity (Wildman–Crippen MR) is 58.6 cm³/mol. The van der Waals surface area contributed by atoms with Crippen LogP contribution in [0.2, 0.25) is 0 Å². The van der Waals surface area contributed by atoms with E-state index in [9.17, 15) is 0 Å². The van der Waals surface area contributed by atoms with Crippen molar-refractivity contribution in [3.05, 3.63) is 0 Å². The summed E-state index contributed by atoms with van der Waals surface area (Å²) in [4.78, 5) is 0. The second-order valence-electron chi connectivity index (χ2n) is 3.40. The minimum Gasteiger partial charge on any atom is -0.320 e. The maximum Gasteiger partial charge on any atom is 0 e. The lowest BCUT2D eigenvalue weighted by Gasteiger charge is -2.20. The highest BCUT2D eigenvalue weighted by Crippen LogP contribution is 2.25. The smallest absolute Gasteiger partial charge is 0 e. The van der Waals surface area contributed by atoms with E-state index in [1.54, 1.807) is 0 Å². The van der Waals surface area contributed by atoms with Crippen molar-refractivity contribution >= 4 is 0 Å². The van der Waals surface area contributed by atoms with Crippen LogP contribution >= 0.6 is 0 Å². The topological polar surface area (TPSA) is 12.0 Å². The first-order valence-corrected chi connectivity index (χ1v) is 5.58. The Balaban J connectivity index is 0. The Morgan fingerprint density at radius 3 is 2.25 bits per heavy atom. The van der Waals surface area contributed by atoms with Crippen molar-refractivity contribution in [2.24, 2.45) is 5.92 Å². The first-order chi connectivity index (χ1) is 5.93. The molecule has 0 aromatic carbocycles. The number of rotatable bonds is 3. The van der Waals surface area contributed by atoms with Crippen LogP contribution in [0, 0.1) is 5.92 Å². The predicted octanol–water partition coefficient (Wildman–Crippen LogP) is 3.45. The maximum atomic E-state index is 3.21. The first kappa shape index (κ1) is 12.0. The van der Waals surface area contributed by atoms with Crippen LogP contribution in [-0.4, -0.2) is 13.6 Å². The Morgan fingerprint density at radius 1 is 1.17 bits per heavy atom. The molecule has 76 valence electrons. The van der Waals surface area contributed by atoms with Crippen molar-refractivity contribution in [2.75, 3.05) is 13.6 Å². The van der Waals surface area contributed by atoms with E-state index in [0.29, 0.717) is 0 Å². The van der Waals surface area contributed by atoms with E-state index in [1.807, 2.05) is 20.9 Å². The largest absolute Gasteiger partial charge is 0.320 e. The molecule has 1 heteroatoms. The highest BCUT2D eigenvalue weighted by Gasteiger charge is 2.11. The highest BCUT2D eigenvalue weighted by molar-refractivity contribution is 4.65. The molecule has 0 aromatic heterocycles. The fourth-order valence-corrected chi connectivity index (χ4v) is 1.82. The summed E-state index contributed by atoms with van der Waals surface area (Å²) in [6, 6.07) is 0. The molecule has 1 nitrogen and oxygen atoms in total. The molecule has 0 aliphatic heterocycles. The summed E-state index contributed by atoms with van der Waals surface area (Å²) in [7, 11) is 2.04. The molecule has 0 unspecified atom stereocenters. The minimum atomic E-state index is 0. The van der Waals surface area contributed by atoms with Gasteiger partial charge in [-0.05, 0) is 25.9 Å². The first-order valence-electron chi connectivity index (χ1n) is 5.58. The average molecular weight is 173 g/mol. The molecule has 12 heavy (non-hydrogen) atoms. The van der Waals surface area contributed by atoms with Gasteiger partial charge in [-0.1, -0.05) is 46.0 Å². The molecule has 0 bridgehead atoms. The van der Waals surface area contributed by atoms with Crippen LogP contribution in [0.25, 0.3) is 0 Å². The summed E-state index contributed by atoms with van der Waals surface area (Å²) in [5.41, 5.74) is 0. The molecule has 1 N–H and O–H groups in total. The van der Waals surface area contributed by atoms with Crippen molar-refractivity contribution in [1.82, 2.24) is 5.32 Å². The number of nitrogens with one attached hydrogen (secondary N) is 1. The second-order valence-corrected chi connectivity index (χ2v) is 3.40.